The molecule has 0 radical (unpaired) electrons. The SMILES string of the molecule is CC(=O)C(C)=O.Ic1ccccc1. The Kier molecular flexibility index (Phi) is 6.40. The molecule has 0 saturated carbocycles. The Balaban J connectivity index is 0.000000226. The Morgan fingerprint density at radius 3 is 1.54 bits per heavy atom. The molecule has 0 amide bonds. The van der Waals surface area contributed by atoms with Gasteiger partial charge in [0.2, 0.25) is 0 Å². The monoisotopic (exact) mass is 290 g/mol. The minimum Gasteiger partial charge on any atom is -0.291 e. The van der Waals surface area contributed by atoms with Crippen molar-refractivity contribution in [3.8, 4) is 0 Å². The lowest BCUT2D eigenvalue weighted by molar-refractivity contribution is -0.134. The van der Waals surface area contributed by atoms with Crippen LogP contribution in [0, 0.1) is 3.57 Å². The maximum atomic E-state index is 9.79. The highest BCUT2D eigenvalue weighted by atomic mass is 127. The highest BCUT2D eigenvalue weighted by Gasteiger charge is 1.94. The largest absolute Gasteiger partial charge is 0.291 e. The minimum atomic E-state index is -0.380. The number of hydrogen-bond donors (Lipinski definition) is 0. The van der Waals surface area contributed by atoms with E-state index in [1.54, 1.807) is 0 Å². The molecule has 0 aliphatic rings. The number of halogens is 1. The van der Waals surface area contributed by atoms with E-state index in [1.807, 2.05) is 18.2 Å². The molecule has 0 heterocycles. The summed E-state index contributed by atoms with van der Waals surface area (Å²) in [6.45, 7) is 2.50. The molecule has 1 aromatic rings. The summed E-state index contributed by atoms with van der Waals surface area (Å²) in [5, 5.41) is 0. The number of rotatable bonds is 1. The molecule has 0 spiro atoms. The quantitative estimate of drug-likeness (QED) is 0.588. The molecule has 1 aromatic carbocycles. The minimum absolute atomic E-state index is 0.380. The Morgan fingerprint density at radius 2 is 1.38 bits per heavy atom. The Morgan fingerprint density at radius 1 is 1.00 bits per heavy atom. The molecule has 3 heteroatoms. The van der Waals surface area contributed by atoms with Crippen molar-refractivity contribution in [3.63, 3.8) is 0 Å². The zero-order chi connectivity index (χ0) is 10.3. The summed E-state index contributed by atoms with van der Waals surface area (Å²) in [5.41, 5.74) is 0. The third kappa shape index (κ3) is 7.64. The van der Waals surface area contributed by atoms with Crippen LogP contribution in [0.5, 0.6) is 0 Å². The van der Waals surface area contributed by atoms with Crippen molar-refractivity contribution in [3.05, 3.63) is 33.9 Å². The zero-order valence-corrected chi connectivity index (χ0v) is 9.74. The summed E-state index contributed by atoms with van der Waals surface area (Å²) in [4.78, 5) is 19.6. The van der Waals surface area contributed by atoms with Gasteiger partial charge in [0.1, 0.15) is 0 Å². The molecule has 0 aliphatic carbocycles. The van der Waals surface area contributed by atoms with E-state index in [-0.39, 0.29) is 11.6 Å². The van der Waals surface area contributed by atoms with Gasteiger partial charge in [-0.15, -0.1) is 0 Å². The van der Waals surface area contributed by atoms with E-state index in [0.29, 0.717) is 0 Å². The van der Waals surface area contributed by atoms with Crippen molar-refractivity contribution in [2.45, 2.75) is 13.8 Å². The first-order valence-electron chi connectivity index (χ1n) is 3.76. The van der Waals surface area contributed by atoms with Crippen LogP contribution < -0.4 is 0 Å². The van der Waals surface area contributed by atoms with Crippen LogP contribution in [0.1, 0.15) is 13.8 Å². The van der Waals surface area contributed by atoms with Crippen molar-refractivity contribution in [2.24, 2.45) is 0 Å². The van der Waals surface area contributed by atoms with Gasteiger partial charge < -0.3 is 0 Å². The van der Waals surface area contributed by atoms with Gasteiger partial charge in [-0.1, -0.05) is 18.2 Å². The number of hydrogen-bond acceptors (Lipinski definition) is 2. The second kappa shape index (κ2) is 6.77. The van der Waals surface area contributed by atoms with Crippen LogP contribution in [0.3, 0.4) is 0 Å². The summed E-state index contributed by atoms with van der Waals surface area (Å²) < 4.78 is 1.29. The van der Waals surface area contributed by atoms with Crippen LogP contribution in [0.2, 0.25) is 0 Å². The van der Waals surface area contributed by atoms with Crippen molar-refractivity contribution in [2.75, 3.05) is 0 Å². The predicted molar refractivity (Wildman–Crippen MR) is 60.5 cm³/mol. The summed E-state index contributed by atoms with van der Waals surface area (Å²) in [6.07, 6.45) is 0. The van der Waals surface area contributed by atoms with Gasteiger partial charge in [-0.25, -0.2) is 0 Å². The van der Waals surface area contributed by atoms with E-state index in [0.717, 1.165) is 0 Å². The fraction of sp³-hybridized carbons (Fsp3) is 0.200. The van der Waals surface area contributed by atoms with Gasteiger partial charge in [0, 0.05) is 17.4 Å². The highest BCUT2D eigenvalue weighted by Crippen LogP contribution is 1.99. The van der Waals surface area contributed by atoms with Gasteiger partial charge in [-0.3, -0.25) is 9.59 Å². The molecule has 0 bridgehead atoms. The van der Waals surface area contributed by atoms with Crippen molar-refractivity contribution >= 4 is 34.2 Å². The summed E-state index contributed by atoms with van der Waals surface area (Å²) in [5.74, 6) is -0.759. The summed E-state index contributed by atoms with van der Waals surface area (Å²) in [7, 11) is 0. The van der Waals surface area contributed by atoms with E-state index in [2.05, 4.69) is 34.7 Å². The van der Waals surface area contributed by atoms with Gasteiger partial charge in [0.05, 0.1) is 0 Å². The molecule has 13 heavy (non-hydrogen) atoms. The van der Waals surface area contributed by atoms with Gasteiger partial charge in [-0.05, 0) is 34.7 Å². The third-order valence-corrected chi connectivity index (χ3v) is 1.95. The Hall–Kier alpha value is -0.710. The molecule has 2 nitrogen and oxygen atoms in total. The number of carbonyl (C=O) groups is 2. The first-order valence-corrected chi connectivity index (χ1v) is 4.84. The number of Topliss-reactive ketones (excluding diaryl/α,β-unsaturated/α-hetero) is 2. The molecule has 0 aliphatic heterocycles. The smallest absolute Gasteiger partial charge is 0.195 e. The van der Waals surface area contributed by atoms with E-state index in [4.69, 9.17) is 0 Å². The average molecular weight is 290 g/mol. The zero-order valence-electron chi connectivity index (χ0n) is 7.58. The molecular formula is C10H11IO2. The molecule has 1 rings (SSSR count). The number of carbonyl (C=O) groups excluding carboxylic acids is 2. The topological polar surface area (TPSA) is 34.1 Å². The molecule has 0 aromatic heterocycles. The van der Waals surface area contributed by atoms with Crippen LogP contribution in [-0.2, 0) is 9.59 Å². The first kappa shape index (κ1) is 12.3. The third-order valence-electron chi connectivity index (χ3n) is 1.23. The van der Waals surface area contributed by atoms with Crippen molar-refractivity contribution in [1.29, 1.82) is 0 Å². The second-order valence-corrected chi connectivity index (χ2v) is 3.65. The molecule has 70 valence electrons. The molecule has 0 N–H and O–H groups in total. The van der Waals surface area contributed by atoms with Crippen LogP contribution in [-0.4, -0.2) is 11.6 Å². The summed E-state index contributed by atoms with van der Waals surface area (Å²) >= 11 is 2.28. The Bertz CT molecular complexity index is 268. The molecule has 0 saturated heterocycles. The maximum absolute atomic E-state index is 9.79. The van der Waals surface area contributed by atoms with Crippen LogP contribution >= 0.6 is 22.6 Å². The fourth-order valence-electron chi connectivity index (χ4n) is 0.415. The molecular weight excluding hydrogens is 279 g/mol. The van der Waals surface area contributed by atoms with E-state index in [9.17, 15) is 9.59 Å². The Labute approximate surface area is 91.5 Å². The van der Waals surface area contributed by atoms with Crippen molar-refractivity contribution < 1.29 is 9.59 Å². The second-order valence-electron chi connectivity index (χ2n) is 2.41. The first-order chi connectivity index (χ1) is 6.04. The fourth-order valence-corrected chi connectivity index (χ4v) is 0.830. The van der Waals surface area contributed by atoms with Gasteiger partial charge >= 0.3 is 0 Å². The van der Waals surface area contributed by atoms with Gasteiger partial charge in [0.15, 0.2) is 11.6 Å². The number of benzene rings is 1. The standard InChI is InChI=1S/C6H5I.C4H6O2/c7-6-4-2-1-3-5-6;1-3(5)4(2)6/h1-5H;1-2H3. The van der Waals surface area contributed by atoms with Crippen LogP contribution in [0.25, 0.3) is 0 Å². The van der Waals surface area contributed by atoms with Crippen LogP contribution in [0.15, 0.2) is 30.3 Å². The lowest BCUT2D eigenvalue weighted by atomic mass is 10.3. The van der Waals surface area contributed by atoms with Crippen molar-refractivity contribution in [1.82, 2.24) is 0 Å². The number of ketones is 2. The van der Waals surface area contributed by atoms with Gasteiger partial charge in [-0.2, -0.15) is 0 Å². The molecule has 0 fully saturated rings. The normalized spacial score (nSPS) is 8.23. The molecule has 0 atom stereocenters. The predicted octanol–water partition coefficient (Wildman–Crippen LogP) is 2.46. The summed E-state index contributed by atoms with van der Waals surface area (Å²) in [6, 6.07) is 10.2. The van der Waals surface area contributed by atoms with Gasteiger partial charge in [0.25, 0.3) is 0 Å². The lowest BCUT2D eigenvalue weighted by Crippen LogP contribution is -2.01. The lowest BCUT2D eigenvalue weighted by Gasteiger charge is -1.80. The van der Waals surface area contributed by atoms with E-state index in [1.165, 1.54) is 17.4 Å². The highest BCUT2D eigenvalue weighted by molar-refractivity contribution is 14.1. The molecule has 0 unspecified atom stereocenters. The maximum Gasteiger partial charge on any atom is 0.195 e. The average Bonchev–Trinajstić information content (AvgIpc) is 2.06. The van der Waals surface area contributed by atoms with E-state index >= 15 is 0 Å². The van der Waals surface area contributed by atoms with E-state index < -0.39 is 0 Å². The van der Waals surface area contributed by atoms with Crippen LogP contribution in [0.4, 0.5) is 0 Å².